The number of phenols is 1. The van der Waals surface area contributed by atoms with Gasteiger partial charge in [0.1, 0.15) is 11.4 Å². The summed E-state index contributed by atoms with van der Waals surface area (Å²) in [5.74, 6) is -0.840. The van der Waals surface area contributed by atoms with Crippen molar-refractivity contribution in [2.75, 3.05) is 12.4 Å². The third kappa shape index (κ3) is 5.61. The Bertz CT molecular complexity index is 549. The Morgan fingerprint density at radius 3 is 2.45 bits per heavy atom. The number of hydrogen-bond donors (Lipinski definition) is 3. The van der Waals surface area contributed by atoms with Gasteiger partial charge >= 0.3 is 12.1 Å². The van der Waals surface area contributed by atoms with Crippen LogP contribution in [0.2, 0.25) is 0 Å². The number of nitrogens with one attached hydrogen (secondary N) is 1. The molecule has 0 aliphatic carbocycles. The molecule has 0 unspecified atom stereocenters. The van der Waals surface area contributed by atoms with E-state index in [4.69, 9.17) is 4.74 Å². The van der Waals surface area contributed by atoms with Gasteiger partial charge in [-0.1, -0.05) is 6.07 Å². The van der Waals surface area contributed by atoms with Crippen molar-refractivity contribution in [2.24, 2.45) is 0 Å². The van der Waals surface area contributed by atoms with Crippen LogP contribution < -0.4 is 5.32 Å². The van der Waals surface area contributed by atoms with Crippen molar-refractivity contribution in [3.63, 3.8) is 0 Å². The quantitative estimate of drug-likeness (QED) is 0.737. The van der Waals surface area contributed by atoms with Crippen LogP contribution in [0.4, 0.5) is 10.5 Å². The van der Waals surface area contributed by atoms with Crippen molar-refractivity contribution in [1.82, 2.24) is 0 Å². The van der Waals surface area contributed by atoms with Gasteiger partial charge in [0.25, 0.3) is 0 Å². The van der Waals surface area contributed by atoms with Crippen LogP contribution >= 0.6 is 0 Å². The lowest BCUT2D eigenvalue weighted by Gasteiger charge is -2.20. The molecule has 0 saturated heterocycles. The standard InChI is InChI=1S/C15H21NO6/c1-15(2,3)22-14(20)16-9-5-6-10(11(17)7-9)12(18)8-13(19)21-4/h5-7,12,17-18H,8H2,1-4H3,(H,16,20)/t12-/m0/s1. The fraction of sp³-hybridized carbons (Fsp3) is 0.467. The molecule has 0 fully saturated rings. The molecular formula is C15H21NO6. The van der Waals surface area contributed by atoms with Gasteiger partial charge in [0, 0.05) is 17.3 Å². The van der Waals surface area contributed by atoms with Crippen molar-refractivity contribution in [3.05, 3.63) is 23.8 Å². The van der Waals surface area contributed by atoms with E-state index in [9.17, 15) is 19.8 Å². The van der Waals surface area contributed by atoms with Crippen LogP contribution in [0.1, 0.15) is 38.9 Å². The number of esters is 1. The minimum atomic E-state index is -1.19. The van der Waals surface area contributed by atoms with Crippen LogP contribution in [0, 0.1) is 0 Å². The van der Waals surface area contributed by atoms with Crippen LogP contribution in [0.15, 0.2) is 18.2 Å². The highest BCUT2D eigenvalue weighted by Gasteiger charge is 2.19. The van der Waals surface area contributed by atoms with Gasteiger partial charge < -0.3 is 19.7 Å². The Balaban J connectivity index is 2.77. The van der Waals surface area contributed by atoms with Gasteiger partial charge in [-0.3, -0.25) is 10.1 Å². The first-order valence-corrected chi connectivity index (χ1v) is 6.70. The fourth-order valence-electron chi connectivity index (χ4n) is 1.68. The van der Waals surface area contributed by atoms with Crippen LogP contribution in [-0.2, 0) is 14.3 Å². The first-order valence-electron chi connectivity index (χ1n) is 6.70. The number of carbonyl (C=O) groups is 2. The van der Waals surface area contributed by atoms with Gasteiger partial charge in [-0.2, -0.15) is 0 Å². The van der Waals surface area contributed by atoms with E-state index in [-0.39, 0.29) is 17.7 Å². The zero-order valence-electron chi connectivity index (χ0n) is 13.0. The average molecular weight is 311 g/mol. The van der Waals surface area contributed by atoms with Gasteiger partial charge in [-0.05, 0) is 26.8 Å². The first-order chi connectivity index (χ1) is 10.1. The van der Waals surface area contributed by atoms with Gasteiger partial charge in [0.15, 0.2) is 0 Å². The molecule has 1 atom stereocenters. The Labute approximate surface area is 128 Å². The highest BCUT2D eigenvalue weighted by molar-refractivity contribution is 5.85. The SMILES string of the molecule is COC(=O)C[C@H](O)c1ccc(NC(=O)OC(C)(C)C)cc1O. The fourth-order valence-corrected chi connectivity index (χ4v) is 1.68. The van der Waals surface area contributed by atoms with Crippen molar-refractivity contribution in [2.45, 2.75) is 38.9 Å². The molecule has 1 aromatic carbocycles. The predicted molar refractivity (Wildman–Crippen MR) is 79.6 cm³/mol. The summed E-state index contributed by atoms with van der Waals surface area (Å²) in [6, 6.07) is 4.16. The Morgan fingerprint density at radius 1 is 1.32 bits per heavy atom. The summed E-state index contributed by atoms with van der Waals surface area (Å²) in [7, 11) is 1.21. The largest absolute Gasteiger partial charge is 0.507 e. The molecule has 7 heteroatoms. The molecule has 0 bridgehead atoms. The second kappa shape index (κ2) is 7.13. The lowest BCUT2D eigenvalue weighted by Crippen LogP contribution is -2.27. The van der Waals surface area contributed by atoms with E-state index < -0.39 is 23.8 Å². The van der Waals surface area contributed by atoms with Gasteiger partial charge in [0.2, 0.25) is 0 Å². The summed E-state index contributed by atoms with van der Waals surface area (Å²) in [4.78, 5) is 22.7. The Kier molecular flexibility index (Phi) is 5.76. The average Bonchev–Trinajstić information content (AvgIpc) is 2.35. The zero-order valence-corrected chi connectivity index (χ0v) is 13.0. The van der Waals surface area contributed by atoms with Gasteiger partial charge in [0.05, 0.1) is 19.6 Å². The molecule has 1 aromatic rings. The summed E-state index contributed by atoms with van der Waals surface area (Å²) < 4.78 is 9.53. The van der Waals surface area contributed by atoms with Crippen LogP contribution in [0.3, 0.4) is 0 Å². The summed E-state index contributed by atoms with van der Waals surface area (Å²) in [6.07, 6.45) is -2.12. The van der Waals surface area contributed by atoms with E-state index in [1.807, 2.05) is 0 Å². The number of anilines is 1. The van der Waals surface area contributed by atoms with E-state index in [0.29, 0.717) is 5.69 Å². The molecule has 0 aromatic heterocycles. The number of rotatable bonds is 4. The number of aliphatic hydroxyl groups excluding tert-OH is 1. The molecule has 1 amide bonds. The molecule has 1 rings (SSSR count). The number of phenolic OH excluding ortho intramolecular Hbond substituents is 1. The molecule has 0 aliphatic rings. The monoisotopic (exact) mass is 311 g/mol. The van der Waals surface area contributed by atoms with Crippen molar-refractivity contribution in [3.8, 4) is 5.75 Å². The molecule has 3 N–H and O–H groups in total. The highest BCUT2D eigenvalue weighted by Crippen LogP contribution is 2.29. The maximum Gasteiger partial charge on any atom is 0.412 e. The highest BCUT2D eigenvalue weighted by atomic mass is 16.6. The summed E-state index contributed by atoms with van der Waals surface area (Å²) in [5.41, 5.74) is -0.163. The lowest BCUT2D eigenvalue weighted by atomic mass is 10.0. The zero-order chi connectivity index (χ0) is 16.9. The van der Waals surface area contributed by atoms with E-state index in [1.165, 1.54) is 25.3 Å². The smallest absolute Gasteiger partial charge is 0.412 e. The molecule has 0 aliphatic heterocycles. The van der Waals surface area contributed by atoms with E-state index in [1.54, 1.807) is 20.8 Å². The van der Waals surface area contributed by atoms with Crippen molar-refractivity contribution in [1.29, 1.82) is 0 Å². The van der Waals surface area contributed by atoms with E-state index >= 15 is 0 Å². The molecule has 0 saturated carbocycles. The molecule has 22 heavy (non-hydrogen) atoms. The number of hydrogen-bond acceptors (Lipinski definition) is 6. The van der Waals surface area contributed by atoms with Crippen molar-refractivity contribution >= 4 is 17.7 Å². The summed E-state index contributed by atoms with van der Waals surface area (Å²) in [6.45, 7) is 5.20. The third-order valence-electron chi connectivity index (χ3n) is 2.62. The number of aliphatic hydroxyl groups is 1. The predicted octanol–water partition coefficient (Wildman–Crippen LogP) is 2.34. The number of aromatic hydroxyl groups is 1. The van der Waals surface area contributed by atoms with Crippen LogP contribution in [-0.4, -0.2) is 35.0 Å². The maximum absolute atomic E-state index is 11.6. The number of ether oxygens (including phenoxy) is 2. The summed E-state index contributed by atoms with van der Waals surface area (Å²) >= 11 is 0. The minimum absolute atomic E-state index is 0.167. The molecule has 0 radical (unpaired) electrons. The van der Waals surface area contributed by atoms with Crippen LogP contribution in [0.25, 0.3) is 0 Å². The number of methoxy groups -OCH3 is 1. The molecular weight excluding hydrogens is 290 g/mol. The maximum atomic E-state index is 11.6. The topological polar surface area (TPSA) is 105 Å². The molecule has 7 nitrogen and oxygen atoms in total. The molecule has 0 spiro atoms. The molecule has 0 heterocycles. The normalized spacial score (nSPS) is 12.4. The minimum Gasteiger partial charge on any atom is -0.507 e. The first kappa shape index (κ1) is 17.8. The van der Waals surface area contributed by atoms with Gasteiger partial charge in [-0.25, -0.2) is 4.79 Å². The van der Waals surface area contributed by atoms with Crippen molar-refractivity contribution < 1.29 is 29.3 Å². The van der Waals surface area contributed by atoms with Crippen LogP contribution in [0.5, 0.6) is 5.75 Å². The van der Waals surface area contributed by atoms with E-state index in [0.717, 1.165) is 0 Å². The lowest BCUT2D eigenvalue weighted by molar-refractivity contribution is -0.142. The summed E-state index contributed by atoms with van der Waals surface area (Å²) in [5, 5.41) is 22.2. The van der Waals surface area contributed by atoms with E-state index in [2.05, 4.69) is 10.1 Å². The third-order valence-corrected chi connectivity index (χ3v) is 2.62. The second-order valence-corrected chi connectivity index (χ2v) is 5.70. The molecule has 122 valence electrons. The second-order valence-electron chi connectivity index (χ2n) is 5.70. The van der Waals surface area contributed by atoms with Gasteiger partial charge in [-0.15, -0.1) is 0 Å². The number of benzene rings is 1. The Hall–Kier alpha value is -2.28. The number of carbonyl (C=O) groups excluding carboxylic acids is 2. The Morgan fingerprint density at radius 2 is 1.95 bits per heavy atom. The number of amides is 1.